The van der Waals surface area contributed by atoms with E-state index < -0.39 is 0 Å². The number of benzene rings is 3. The number of rotatable bonds is 4. The zero-order chi connectivity index (χ0) is 17.9. The van der Waals surface area contributed by atoms with Gasteiger partial charge in [-0.25, -0.2) is 9.55 Å². The smallest absolute Gasteiger partial charge is 0.267 e. The number of aromatic nitrogens is 2. The maximum Gasteiger partial charge on any atom is 0.267 e. The van der Waals surface area contributed by atoms with E-state index in [1.54, 1.807) is 16.7 Å². The van der Waals surface area contributed by atoms with E-state index in [2.05, 4.69) is 10.3 Å². The quantitative estimate of drug-likeness (QED) is 0.556. The molecule has 5 nitrogen and oxygen atoms in total. The molecule has 0 aliphatic rings. The molecule has 0 saturated carbocycles. The van der Waals surface area contributed by atoms with Crippen LogP contribution >= 0.6 is 0 Å². The molecule has 4 rings (SSSR count). The SMILES string of the molecule is Nc1ccccc1-n1c(NCc2ccccc2)nc2ccccc2c1=O. The van der Waals surface area contributed by atoms with Crippen LogP contribution in [0.15, 0.2) is 83.7 Å². The molecule has 0 radical (unpaired) electrons. The standard InChI is InChI=1S/C21H18N4O/c22-17-11-5-7-13-19(17)25-20(26)16-10-4-6-12-18(16)24-21(25)23-14-15-8-2-1-3-9-15/h1-13H,14,22H2,(H,23,24). The van der Waals surface area contributed by atoms with E-state index in [4.69, 9.17) is 5.73 Å². The van der Waals surface area contributed by atoms with Crippen LogP contribution in [0.4, 0.5) is 11.6 Å². The number of nitrogens with one attached hydrogen (secondary N) is 1. The van der Waals surface area contributed by atoms with Gasteiger partial charge in [0.25, 0.3) is 5.56 Å². The molecule has 0 bridgehead atoms. The van der Waals surface area contributed by atoms with Gasteiger partial charge >= 0.3 is 0 Å². The van der Waals surface area contributed by atoms with Crippen LogP contribution in [0.25, 0.3) is 16.6 Å². The molecule has 0 atom stereocenters. The van der Waals surface area contributed by atoms with Gasteiger partial charge in [0.1, 0.15) is 0 Å². The van der Waals surface area contributed by atoms with Crippen LogP contribution in [0.3, 0.4) is 0 Å². The first-order valence-electron chi connectivity index (χ1n) is 8.38. The van der Waals surface area contributed by atoms with E-state index in [1.807, 2.05) is 66.7 Å². The Balaban J connectivity index is 1.88. The number of nitrogen functional groups attached to an aromatic ring is 1. The number of hydrogen-bond donors (Lipinski definition) is 2. The Labute approximate surface area is 150 Å². The Bertz CT molecular complexity index is 1120. The lowest BCUT2D eigenvalue weighted by Crippen LogP contribution is -2.24. The highest BCUT2D eigenvalue weighted by molar-refractivity contribution is 5.79. The number of hydrogen-bond acceptors (Lipinski definition) is 4. The van der Waals surface area contributed by atoms with Crippen molar-refractivity contribution in [2.75, 3.05) is 11.1 Å². The van der Waals surface area contributed by atoms with Gasteiger partial charge < -0.3 is 11.1 Å². The highest BCUT2D eigenvalue weighted by Crippen LogP contribution is 2.21. The molecule has 1 aromatic heterocycles. The van der Waals surface area contributed by atoms with Gasteiger partial charge in [0.05, 0.1) is 22.3 Å². The molecular formula is C21H18N4O. The van der Waals surface area contributed by atoms with Crippen LogP contribution in [0, 0.1) is 0 Å². The average molecular weight is 342 g/mol. The zero-order valence-electron chi connectivity index (χ0n) is 14.1. The summed E-state index contributed by atoms with van der Waals surface area (Å²) in [5, 5.41) is 3.84. The summed E-state index contributed by atoms with van der Waals surface area (Å²) in [4.78, 5) is 17.8. The predicted molar refractivity (Wildman–Crippen MR) is 106 cm³/mol. The molecular weight excluding hydrogens is 324 g/mol. The van der Waals surface area contributed by atoms with Crippen LogP contribution in [0.2, 0.25) is 0 Å². The second-order valence-corrected chi connectivity index (χ2v) is 5.99. The van der Waals surface area contributed by atoms with E-state index in [0.29, 0.717) is 34.8 Å². The first-order valence-corrected chi connectivity index (χ1v) is 8.38. The summed E-state index contributed by atoms with van der Waals surface area (Å²) < 4.78 is 1.54. The third-order valence-corrected chi connectivity index (χ3v) is 4.25. The minimum atomic E-state index is -0.149. The summed E-state index contributed by atoms with van der Waals surface area (Å²) in [7, 11) is 0. The molecule has 5 heteroatoms. The van der Waals surface area contributed by atoms with Crippen LogP contribution in [0.5, 0.6) is 0 Å². The van der Waals surface area contributed by atoms with Gasteiger partial charge in [-0.05, 0) is 29.8 Å². The molecule has 128 valence electrons. The number of anilines is 2. The molecule has 0 unspecified atom stereocenters. The van der Waals surface area contributed by atoms with Crippen molar-refractivity contribution in [2.24, 2.45) is 0 Å². The van der Waals surface area contributed by atoms with E-state index in [9.17, 15) is 4.79 Å². The molecule has 1 heterocycles. The Morgan fingerprint density at radius 1 is 0.885 bits per heavy atom. The second-order valence-electron chi connectivity index (χ2n) is 5.99. The minimum absolute atomic E-state index is 0.149. The van der Waals surface area contributed by atoms with Crippen LogP contribution < -0.4 is 16.6 Å². The molecule has 0 aliphatic heterocycles. The van der Waals surface area contributed by atoms with Gasteiger partial charge in [-0.3, -0.25) is 4.79 Å². The summed E-state index contributed by atoms with van der Waals surface area (Å²) in [6.45, 7) is 0.554. The molecule has 0 aliphatic carbocycles. The molecule has 3 aromatic carbocycles. The molecule has 0 fully saturated rings. The summed E-state index contributed by atoms with van der Waals surface area (Å²) in [5.41, 5.74) is 8.87. The average Bonchev–Trinajstić information content (AvgIpc) is 2.68. The topological polar surface area (TPSA) is 72.9 Å². The molecule has 3 N–H and O–H groups in total. The summed E-state index contributed by atoms with van der Waals surface area (Å²) in [6, 6.07) is 24.6. The normalized spacial score (nSPS) is 10.8. The lowest BCUT2D eigenvalue weighted by Gasteiger charge is -2.16. The first-order chi connectivity index (χ1) is 12.7. The maximum absolute atomic E-state index is 13.1. The van der Waals surface area contributed by atoms with Gasteiger partial charge in [-0.15, -0.1) is 0 Å². The van der Waals surface area contributed by atoms with E-state index in [1.165, 1.54) is 0 Å². The fourth-order valence-electron chi connectivity index (χ4n) is 2.94. The van der Waals surface area contributed by atoms with Gasteiger partial charge in [-0.2, -0.15) is 0 Å². The van der Waals surface area contributed by atoms with Crippen molar-refractivity contribution >= 4 is 22.5 Å². The molecule has 0 spiro atoms. The largest absolute Gasteiger partial charge is 0.397 e. The lowest BCUT2D eigenvalue weighted by atomic mass is 10.2. The fourth-order valence-corrected chi connectivity index (χ4v) is 2.94. The van der Waals surface area contributed by atoms with Crippen molar-refractivity contribution in [1.82, 2.24) is 9.55 Å². The Kier molecular flexibility index (Phi) is 4.11. The first kappa shape index (κ1) is 15.9. The van der Waals surface area contributed by atoms with E-state index >= 15 is 0 Å². The number of para-hydroxylation sites is 3. The molecule has 0 amide bonds. The van der Waals surface area contributed by atoms with E-state index in [0.717, 1.165) is 5.56 Å². The fraction of sp³-hybridized carbons (Fsp3) is 0.0476. The van der Waals surface area contributed by atoms with Gasteiger partial charge in [0.15, 0.2) is 0 Å². The third-order valence-electron chi connectivity index (χ3n) is 4.25. The molecule has 26 heavy (non-hydrogen) atoms. The summed E-state index contributed by atoms with van der Waals surface area (Å²) in [6.07, 6.45) is 0. The van der Waals surface area contributed by atoms with Crippen molar-refractivity contribution in [3.8, 4) is 5.69 Å². The Hall–Kier alpha value is -3.60. The highest BCUT2D eigenvalue weighted by Gasteiger charge is 2.14. The maximum atomic E-state index is 13.1. The monoisotopic (exact) mass is 342 g/mol. The predicted octanol–water partition coefficient (Wildman–Crippen LogP) is 3.58. The molecule has 0 saturated heterocycles. The van der Waals surface area contributed by atoms with Crippen molar-refractivity contribution in [3.63, 3.8) is 0 Å². The van der Waals surface area contributed by atoms with Crippen molar-refractivity contribution < 1.29 is 0 Å². The Morgan fingerprint density at radius 2 is 1.58 bits per heavy atom. The molecule has 4 aromatic rings. The second kappa shape index (κ2) is 6.72. The van der Waals surface area contributed by atoms with Crippen LogP contribution in [-0.4, -0.2) is 9.55 Å². The van der Waals surface area contributed by atoms with Crippen molar-refractivity contribution in [1.29, 1.82) is 0 Å². The number of nitrogens with two attached hydrogens (primary N) is 1. The summed E-state index contributed by atoms with van der Waals surface area (Å²) in [5.74, 6) is 0.468. The highest BCUT2D eigenvalue weighted by atomic mass is 16.1. The van der Waals surface area contributed by atoms with Gasteiger partial charge in [0.2, 0.25) is 5.95 Å². The lowest BCUT2D eigenvalue weighted by molar-refractivity contribution is 0.940. The number of nitrogens with zero attached hydrogens (tertiary/aromatic N) is 2. The van der Waals surface area contributed by atoms with Crippen LogP contribution in [0.1, 0.15) is 5.56 Å². The van der Waals surface area contributed by atoms with Gasteiger partial charge in [-0.1, -0.05) is 54.6 Å². The van der Waals surface area contributed by atoms with Gasteiger partial charge in [0, 0.05) is 6.54 Å². The van der Waals surface area contributed by atoms with Crippen molar-refractivity contribution in [3.05, 3.63) is 94.8 Å². The van der Waals surface area contributed by atoms with E-state index in [-0.39, 0.29) is 5.56 Å². The van der Waals surface area contributed by atoms with Crippen molar-refractivity contribution in [2.45, 2.75) is 6.54 Å². The minimum Gasteiger partial charge on any atom is -0.397 e. The third kappa shape index (κ3) is 2.91. The van der Waals surface area contributed by atoms with Crippen LogP contribution in [-0.2, 0) is 6.54 Å². The Morgan fingerprint density at radius 3 is 2.38 bits per heavy atom. The zero-order valence-corrected chi connectivity index (χ0v) is 14.1. The number of fused-ring (bicyclic) bond motifs is 1. The summed E-state index contributed by atoms with van der Waals surface area (Å²) >= 11 is 0.